The van der Waals surface area contributed by atoms with Crippen molar-refractivity contribution in [3.05, 3.63) is 46.9 Å². The largest absolute Gasteiger partial charge is 0.288 e. The molecule has 5 rings (SSSR count). The molecule has 3 heterocycles. The number of tetrazole rings is 1. The highest BCUT2D eigenvalue weighted by Crippen LogP contribution is 2.36. The van der Waals surface area contributed by atoms with Gasteiger partial charge in [0.25, 0.3) is 0 Å². The van der Waals surface area contributed by atoms with Crippen LogP contribution in [0.15, 0.2) is 30.3 Å². The molecule has 1 aliphatic heterocycles. The van der Waals surface area contributed by atoms with Gasteiger partial charge in [-0.1, -0.05) is 56.0 Å². The zero-order valence-electron chi connectivity index (χ0n) is 17.5. The van der Waals surface area contributed by atoms with Gasteiger partial charge in [-0.05, 0) is 67.3 Å². The molecule has 0 bridgehead atoms. The van der Waals surface area contributed by atoms with Crippen LogP contribution in [0.5, 0.6) is 0 Å². The third-order valence-electron chi connectivity index (χ3n) is 6.83. The number of piperidine rings is 1. The van der Waals surface area contributed by atoms with E-state index in [-0.39, 0.29) is 6.04 Å². The van der Waals surface area contributed by atoms with Gasteiger partial charge in [0.1, 0.15) is 6.04 Å². The van der Waals surface area contributed by atoms with Crippen molar-refractivity contribution in [3.63, 3.8) is 0 Å². The molecule has 0 amide bonds. The van der Waals surface area contributed by atoms with Gasteiger partial charge in [0, 0.05) is 5.39 Å². The fourth-order valence-corrected chi connectivity index (χ4v) is 5.30. The van der Waals surface area contributed by atoms with Crippen molar-refractivity contribution in [2.24, 2.45) is 5.92 Å². The summed E-state index contributed by atoms with van der Waals surface area (Å²) in [5.74, 6) is 1.67. The molecule has 0 spiro atoms. The standard InChI is InChI=1S/C23H29ClN6/c1-16-11-13-29(14-12-16)22(21-15-19(24)18-9-5-6-10-20(18)25-21)23-26-27-28-30(23)17-7-3-2-4-8-17/h5-6,9-10,15-17,22H,2-4,7-8,11-14H2,1H3/t22-/m1/s1. The predicted molar refractivity (Wildman–Crippen MR) is 119 cm³/mol. The van der Waals surface area contributed by atoms with Crippen molar-refractivity contribution in [2.75, 3.05) is 13.1 Å². The molecule has 30 heavy (non-hydrogen) atoms. The molecule has 3 aromatic rings. The second kappa shape index (κ2) is 8.60. The van der Waals surface area contributed by atoms with Crippen molar-refractivity contribution in [3.8, 4) is 0 Å². The van der Waals surface area contributed by atoms with E-state index in [1.807, 2.05) is 30.3 Å². The summed E-state index contributed by atoms with van der Waals surface area (Å²) in [6.45, 7) is 4.38. The van der Waals surface area contributed by atoms with Gasteiger partial charge in [-0.25, -0.2) is 4.68 Å². The van der Waals surface area contributed by atoms with Crippen LogP contribution in [0.1, 0.15) is 75.5 Å². The molecule has 1 saturated carbocycles. The summed E-state index contributed by atoms with van der Waals surface area (Å²) in [5, 5.41) is 14.8. The third-order valence-corrected chi connectivity index (χ3v) is 7.15. The summed E-state index contributed by atoms with van der Waals surface area (Å²) in [5.41, 5.74) is 1.87. The number of hydrogen-bond donors (Lipinski definition) is 0. The third kappa shape index (κ3) is 3.83. The Hall–Kier alpha value is -2.05. The maximum Gasteiger partial charge on any atom is 0.174 e. The Bertz CT molecular complexity index is 1000. The minimum atomic E-state index is -0.0727. The number of hydrogen-bond acceptors (Lipinski definition) is 5. The van der Waals surface area contributed by atoms with Crippen LogP contribution in [0.2, 0.25) is 5.02 Å². The van der Waals surface area contributed by atoms with Gasteiger partial charge in [-0.2, -0.15) is 0 Å². The molecule has 0 radical (unpaired) electrons. The van der Waals surface area contributed by atoms with Crippen molar-refractivity contribution in [1.82, 2.24) is 30.1 Å². The van der Waals surface area contributed by atoms with Gasteiger partial charge in [-0.3, -0.25) is 9.88 Å². The molecular weight excluding hydrogens is 396 g/mol. The van der Waals surface area contributed by atoms with E-state index in [0.717, 1.165) is 59.3 Å². The fourth-order valence-electron chi connectivity index (χ4n) is 5.03. The highest BCUT2D eigenvalue weighted by molar-refractivity contribution is 6.35. The molecule has 6 nitrogen and oxygen atoms in total. The van der Waals surface area contributed by atoms with Gasteiger partial charge in [0.05, 0.1) is 22.3 Å². The number of nitrogens with zero attached hydrogens (tertiary/aromatic N) is 6. The van der Waals surface area contributed by atoms with Crippen LogP contribution in [0.3, 0.4) is 0 Å². The molecule has 1 saturated heterocycles. The number of fused-ring (bicyclic) bond motifs is 1. The number of aromatic nitrogens is 5. The van der Waals surface area contributed by atoms with Crippen LogP contribution in [-0.2, 0) is 0 Å². The first-order valence-corrected chi connectivity index (χ1v) is 11.7. The van der Waals surface area contributed by atoms with Gasteiger partial charge < -0.3 is 0 Å². The van der Waals surface area contributed by atoms with Gasteiger partial charge in [-0.15, -0.1) is 5.10 Å². The maximum atomic E-state index is 6.70. The first-order chi connectivity index (χ1) is 14.7. The van der Waals surface area contributed by atoms with E-state index < -0.39 is 0 Å². The van der Waals surface area contributed by atoms with Crippen molar-refractivity contribution in [1.29, 1.82) is 0 Å². The van der Waals surface area contributed by atoms with Crippen LogP contribution in [-0.4, -0.2) is 43.2 Å². The van der Waals surface area contributed by atoms with Gasteiger partial charge in [0.15, 0.2) is 5.82 Å². The summed E-state index contributed by atoms with van der Waals surface area (Å²) in [4.78, 5) is 7.54. The van der Waals surface area contributed by atoms with Crippen LogP contribution in [0.4, 0.5) is 0 Å². The fraction of sp³-hybridized carbons (Fsp3) is 0.565. The number of likely N-dealkylation sites (tertiary alicyclic amines) is 1. The quantitative estimate of drug-likeness (QED) is 0.576. The monoisotopic (exact) mass is 424 g/mol. The Morgan fingerprint density at radius 3 is 2.60 bits per heavy atom. The van der Waals surface area contributed by atoms with Crippen LogP contribution in [0, 0.1) is 5.92 Å². The number of rotatable bonds is 4. The first kappa shape index (κ1) is 19.9. The Morgan fingerprint density at radius 2 is 1.80 bits per heavy atom. The average Bonchev–Trinajstić information content (AvgIpc) is 3.25. The molecule has 1 aromatic carbocycles. The molecule has 2 fully saturated rings. The smallest absolute Gasteiger partial charge is 0.174 e. The van der Waals surface area contributed by atoms with Crippen LogP contribution < -0.4 is 0 Å². The van der Waals surface area contributed by atoms with Gasteiger partial charge >= 0.3 is 0 Å². The Morgan fingerprint density at radius 1 is 1.03 bits per heavy atom. The molecule has 2 aromatic heterocycles. The molecule has 0 unspecified atom stereocenters. The lowest BCUT2D eigenvalue weighted by Crippen LogP contribution is -2.38. The minimum absolute atomic E-state index is 0.0727. The summed E-state index contributed by atoms with van der Waals surface area (Å²) < 4.78 is 2.09. The lowest BCUT2D eigenvalue weighted by molar-refractivity contribution is 0.144. The number of benzene rings is 1. The van der Waals surface area contributed by atoms with Crippen molar-refractivity contribution < 1.29 is 0 Å². The molecule has 7 heteroatoms. The topological polar surface area (TPSA) is 59.7 Å². The highest BCUT2D eigenvalue weighted by Gasteiger charge is 2.33. The number of pyridine rings is 1. The van der Waals surface area contributed by atoms with E-state index in [1.165, 1.54) is 32.1 Å². The second-order valence-electron chi connectivity index (χ2n) is 8.94. The molecular formula is C23H29ClN6. The summed E-state index contributed by atoms with van der Waals surface area (Å²) in [6.07, 6.45) is 8.46. The normalized spacial score (nSPS) is 20.6. The average molecular weight is 425 g/mol. The molecule has 1 aliphatic carbocycles. The van der Waals surface area contributed by atoms with E-state index in [2.05, 4.69) is 32.0 Å². The highest BCUT2D eigenvalue weighted by atomic mass is 35.5. The van der Waals surface area contributed by atoms with Crippen LogP contribution >= 0.6 is 11.6 Å². The Balaban J connectivity index is 1.59. The SMILES string of the molecule is CC1CCN([C@H](c2cc(Cl)c3ccccc3n2)c2nnnn2C2CCCCC2)CC1. The van der Waals surface area contributed by atoms with E-state index in [0.29, 0.717) is 6.04 Å². The minimum Gasteiger partial charge on any atom is -0.288 e. The maximum absolute atomic E-state index is 6.70. The van der Waals surface area contributed by atoms with Crippen LogP contribution in [0.25, 0.3) is 10.9 Å². The van der Waals surface area contributed by atoms with E-state index in [9.17, 15) is 0 Å². The van der Waals surface area contributed by atoms with Crippen molar-refractivity contribution >= 4 is 22.5 Å². The molecule has 2 aliphatic rings. The summed E-state index contributed by atoms with van der Waals surface area (Å²) >= 11 is 6.70. The first-order valence-electron chi connectivity index (χ1n) is 11.3. The van der Waals surface area contributed by atoms with E-state index >= 15 is 0 Å². The molecule has 0 N–H and O–H groups in total. The number of para-hydroxylation sites is 1. The second-order valence-corrected chi connectivity index (χ2v) is 9.35. The van der Waals surface area contributed by atoms with E-state index in [4.69, 9.17) is 16.6 Å². The zero-order valence-corrected chi connectivity index (χ0v) is 18.3. The van der Waals surface area contributed by atoms with Crippen molar-refractivity contribution in [2.45, 2.75) is 64.0 Å². The Labute approximate surface area is 182 Å². The zero-order chi connectivity index (χ0) is 20.5. The van der Waals surface area contributed by atoms with Gasteiger partial charge in [0.2, 0.25) is 0 Å². The molecule has 1 atom stereocenters. The lowest BCUT2D eigenvalue weighted by atomic mass is 9.94. The lowest BCUT2D eigenvalue weighted by Gasteiger charge is -2.36. The summed E-state index contributed by atoms with van der Waals surface area (Å²) in [7, 11) is 0. The number of halogens is 1. The Kier molecular flexibility index (Phi) is 5.70. The van der Waals surface area contributed by atoms with E-state index in [1.54, 1.807) is 0 Å². The predicted octanol–water partition coefficient (Wildman–Crippen LogP) is 5.20. The molecule has 158 valence electrons. The summed E-state index contributed by atoms with van der Waals surface area (Å²) in [6, 6.07) is 10.4.